The summed E-state index contributed by atoms with van der Waals surface area (Å²) in [6.07, 6.45) is 0.681. The van der Waals surface area contributed by atoms with Gasteiger partial charge in [-0.3, -0.25) is 14.3 Å². The van der Waals surface area contributed by atoms with Crippen molar-refractivity contribution in [2.75, 3.05) is 0 Å². The molecule has 1 aliphatic heterocycles. The topological polar surface area (TPSA) is 76.0 Å². The van der Waals surface area contributed by atoms with E-state index in [2.05, 4.69) is 15.7 Å². The molecule has 6 nitrogen and oxygen atoms in total. The Balaban J connectivity index is 1.61. The molecule has 0 saturated carbocycles. The normalized spacial score (nSPS) is 16.2. The standard InChI is InChI=1S/C17H20N4O2/c1-11(2)18-17(23)15-9-14-8-13(10-21(14)20-15)19-16(22)12-6-4-3-5-7-12/h3-7,9,11,13H,8,10H2,1-2H3,(H,18,23)(H,19,22). The predicted molar refractivity (Wildman–Crippen MR) is 86.2 cm³/mol. The molecule has 0 spiro atoms. The van der Waals surface area contributed by atoms with Crippen LogP contribution in [0.1, 0.15) is 40.4 Å². The summed E-state index contributed by atoms with van der Waals surface area (Å²) in [7, 11) is 0. The summed E-state index contributed by atoms with van der Waals surface area (Å²) < 4.78 is 1.80. The van der Waals surface area contributed by atoms with Crippen molar-refractivity contribution < 1.29 is 9.59 Å². The van der Waals surface area contributed by atoms with Crippen molar-refractivity contribution in [3.05, 3.63) is 53.3 Å². The number of fused-ring (bicyclic) bond motifs is 1. The molecule has 0 aliphatic carbocycles. The third-order valence-corrected chi connectivity index (χ3v) is 3.74. The highest BCUT2D eigenvalue weighted by Crippen LogP contribution is 2.16. The molecule has 1 aliphatic rings. The van der Waals surface area contributed by atoms with Gasteiger partial charge in [0.25, 0.3) is 11.8 Å². The third kappa shape index (κ3) is 3.41. The van der Waals surface area contributed by atoms with Crippen LogP contribution in [-0.2, 0) is 13.0 Å². The highest BCUT2D eigenvalue weighted by molar-refractivity contribution is 5.94. The van der Waals surface area contributed by atoms with Crippen LogP contribution in [0.5, 0.6) is 0 Å². The molecule has 3 rings (SSSR count). The van der Waals surface area contributed by atoms with E-state index in [1.807, 2.05) is 32.0 Å². The molecule has 0 radical (unpaired) electrons. The number of nitrogens with one attached hydrogen (secondary N) is 2. The maximum Gasteiger partial charge on any atom is 0.271 e. The van der Waals surface area contributed by atoms with E-state index in [4.69, 9.17) is 0 Å². The molecule has 0 fully saturated rings. The monoisotopic (exact) mass is 312 g/mol. The van der Waals surface area contributed by atoms with Gasteiger partial charge in [0.2, 0.25) is 0 Å². The van der Waals surface area contributed by atoms with Gasteiger partial charge in [-0.2, -0.15) is 5.10 Å². The first-order valence-electron chi connectivity index (χ1n) is 7.76. The van der Waals surface area contributed by atoms with Gasteiger partial charge in [0, 0.05) is 23.7 Å². The summed E-state index contributed by atoms with van der Waals surface area (Å²) in [5, 5.41) is 10.2. The second-order valence-corrected chi connectivity index (χ2v) is 6.07. The number of hydrogen-bond donors (Lipinski definition) is 2. The van der Waals surface area contributed by atoms with E-state index >= 15 is 0 Å². The zero-order valence-corrected chi connectivity index (χ0v) is 13.2. The van der Waals surface area contributed by atoms with Gasteiger partial charge in [-0.1, -0.05) is 18.2 Å². The van der Waals surface area contributed by atoms with Gasteiger partial charge >= 0.3 is 0 Å². The summed E-state index contributed by atoms with van der Waals surface area (Å²) in [5.41, 5.74) is 2.05. The van der Waals surface area contributed by atoms with Crippen LogP contribution < -0.4 is 10.6 Å². The van der Waals surface area contributed by atoms with Gasteiger partial charge < -0.3 is 10.6 Å². The largest absolute Gasteiger partial charge is 0.348 e. The Labute approximate surface area is 134 Å². The van der Waals surface area contributed by atoms with Crippen LogP contribution in [0.25, 0.3) is 0 Å². The zero-order chi connectivity index (χ0) is 16.4. The molecule has 2 N–H and O–H groups in total. The molecular weight excluding hydrogens is 292 g/mol. The smallest absolute Gasteiger partial charge is 0.271 e. The molecule has 2 aromatic rings. The fourth-order valence-electron chi connectivity index (χ4n) is 2.71. The Hall–Kier alpha value is -2.63. The number of nitrogens with zero attached hydrogens (tertiary/aromatic N) is 2. The van der Waals surface area contributed by atoms with E-state index in [1.54, 1.807) is 22.9 Å². The third-order valence-electron chi connectivity index (χ3n) is 3.74. The van der Waals surface area contributed by atoms with E-state index in [-0.39, 0.29) is 23.9 Å². The van der Waals surface area contributed by atoms with E-state index < -0.39 is 0 Å². The fourth-order valence-corrected chi connectivity index (χ4v) is 2.71. The lowest BCUT2D eigenvalue weighted by Crippen LogP contribution is -2.36. The Bertz CT molecular complexity index is 698. The Kier molecular flexibility index (Phi) is 4.14. The van der Waals surface area contributed by atoms with Crippen molar-refractivity contribution in [1.82, 2.24) is 20.4 Å². The maximum atomic E-state index is 12.2. The van der Waals surface area contributed by atoms with E-state index in [0.717, 1.165) is 5.69 Å². The summed E-state index contributed by atoms with van der Waals surface area (Å²) in [4.78, 5) is 24.1. The first-order chi connectivity index (χ1) is 11.0. The number of rotatable bonds is 4. The first-order valence-corrected chi connectivity index (χ1v) is 7.76. The molecule has 1 unspecified atom stereocenters. The van der Waals surface area contributed by atoms with Crippen LogP contribution in [0.4, 0.5) is 0 Å². The van der Waals surface area contributed by atoms with Gasteiger partial charge in [0.1, 0.15) is 5.69 Å². The van der Waals surface area contributed by atoms with E-state index in [0.29, 0.717) is 24.2 Å². The summed E-state index contributed by atoms with van der Waals surface area (Å²) >= 11 is 0. The average Bonchev–Trinajstić information content (AvgIpc) is 3.05. The van der Waals surface area contributed by atoms with E-state index in [9.17, 15) is 9.59 Å². The van der Waals surface area contributed by atoms with Crippen molar-refractivity contribution in [2.24, 2.45) is 0 Å². The number of carbonyl (C=O) groups excluding carboxylic acids is 2. The Morgan fingerprint density at radius 1 is 1.22 bits per heavy atom. The summed E-state index contributed by atoms with van der Waals surface area (Å²) in [6, 6.07) is 11.0. The van der Waals surface area contributed by atoms with Gasteiger partial charge in [-0.05, 0) is 32.0 Å². The molecule has 2 amide bonds. The number of aromatic nitrogens is 2. The lowest BCUT2D eigenvalue weighted by atomic mass is 10.1. The molecule has 120 valence electrons. The van der Waals surface area contributed by atoms with Crippen molar-refractivity contribution in [2.45, 2.75) is 38.9 Å². The van der Waals surface area contributed by atoms with Gasteiger partial charge in [-0.25, -0.2) is 0 Å². The second kappa shape index (κ2) is 6.24. The molecule has 0 bridgehead atoms. The number of carbonyl (C=O) groups is 2. The molecule has 0 saturated heterocycles. The molecule has 1 aromatic heterocycles. The van der Waals surface area contributed by atoms with E-state index in [1.165, 1.54) is 0 Å². The lowest BCUT2D eigenvalue weighted by molar-refractivity contribution is 0.0924. The highest BCUT2D eigenvalue weighted by Gasteiger charge is 2.26. The molecule has 1 aromatic carbocycles. The number of benzene rings is 1. The van der Waals surface area contributed by atoms with Crippen LogP contribution in [0.15, 0.2) is 36.4 Å². The van der Waals surface area contributed by atoms with Crippen LogP contribution in [0.2, 0.25) is 0 Å². The molecule has 23 heavy (non-hydrogen) atoms. The van der Waals surface area contributed by atoms with Gasteiger partial charge in [0.15, 0.2) is 0 Å². The molecular formula is C17H20N4O2. The number of amides is 2. The minimum atomic E-state index is -0.160. The number of hydrogen-bond acceptors (Lipinski definition) is 3. The minimum Gasteiger partial charge on any atom is -0.348 e. The van der Waals surface area contributed by atoms with Crippen LogP contribution >= 0.6 is 0 Å². The first kappa shape index (κ1) is 15.3. The SMILES string of the molecule is CC(C)NC(=O)c1cc2n(n1)CC(NC(=O)c1ccccc1)C2. The average molecular weight is 312 g/mol. The second-order valence-electron chi connectivity index (χ2n) is 6.07. The van der Waals surface area contributed by atoms with Crippen LogP contribution in [-0.4, -0.2) is 33.7 Å². The summed E-state index contributed by atoms with van der Waals surface area (Å²) in [5.74, 6) is -0.245. The predicted octanol–water partition coefficient (Wildman–Crippen LogP) is 1.38. The van der Waals surface area contributed by atoms with Crippen LogP contribution in [0, 0.1) is 0 Å². The molecule has 1 atom stereocenters. The quantitative estimate of drug-likeness (QED) is 0.895. The lowest BCUT2D eigenvalue weighted by Gasteiger charge is -2.12. The maximum absolute atomic E-state index is 12.2. The minimum absolute atomic E-state index is 0.00687. The summed E-state index contributed by atoms with van der Waals surface area (Å²) in [6.45, 7) is 4.41. The molecule has 6 heteroatoms. The van der Waals surface area contributed by atoms with Crippen molar-refractivity contribution in [1.29, 1.82) is 0 Å². The highest BCUT2D eigenvalue weighted by atomic mass is 16.2. The van der Waals surface area contributed by atoms with Crippen molar-refractivity contribution in [3.63, 3.8) is 0 Å². The van der Waals surface area contributed by atoms with Gasteiger partial charge in [0.05, 0.1) is 12.6 Å². The zero-order valence-electron chi connectivity index (χ0n) is 13.2. The van der Waals surface area contributed by atoms with Crippen LogP contribution in [0.3, 0.4) is 0 Å². The fraction of sp³-hybridized carbons (Fsp3) is 0.353. The Morgan fingerprint density at radius 3 is 2.61 bits per heavy atom. The van der Waals surface area contributed by atoms with Crippen molar-refractivity contribution >= 4 is 11.8 Å². The van der Waals surface area contributed by atoms with Gasteiger partial charge in [-0.15, -0.1) is 0 Å². The Morgan fingerprint density at radius 2 is 1.96 bits per heavy atom. The molecule has 2 heterocycles. The van der Waals surface area contributed by atoms with Crippen molar-refractivity contribution in [3.8, 4) is 0 Å².